The Morgan fingerprint density at radius 3 is 0.238 bits per heavy atom. The van der Waals surface area contributed by atoms with Crippen LogP contribution in [0.3, 0.4) is 0 Å². The summed E-state index contributed by atoms with van der Waals surface area (Å²) in [6.45, 7) is 0. The van der Waals surface area contributed by atoms with Crippen LogP contribution in [0.1, 0.15) is 159 Å². The molecule has 0 N–H and O–H groups in total. The topological polar surface area (TPSA) is 401 Å². The maximum Gasteiger partial charge on any atom is 1.00 e. The van der Waals surface area contributed by atoms with Gasteiger partial charge in [-0.25, -0.2) is 0 Å². The summed E-state index contributed by atoms with van der Waals surface area (Å²) in [4.78, 5) is 106. The molecular weight excluding hydrogens is 1450 g/mol. The second-order valence-corrected chi connectivity index (χ2v) is 20.7. The van der Waals surface area contributed by atoms with Crippen molar-refractivity contribution in [2.75, 3.05) is 0 Å². The zero-order chi connectivity index (χ0) is 69.1. The van der Waals surface area contributed by atoms with Gasteiger partial charge < -0.3 is 99.0 Å². The van der Waals surface area contributed by atoms with Crippen molar-refractivity contribution in [1.82, 2.24) is 0 Å². The van der Waals surface area contributed by atoms with Crippen LogP contribution < -0.4 is 347 Å². The van der Waals surface area contributed by atoms with Gasteiger partial charge in [0.1, 0.15) is 0 Å². The van der Waals surface area contributed by atoms with Crippen molar-refractivity contribution in [1.29, 1.82) is 0 Å². The number of carbonyl (C=O) groups is 10. The van der Waals surface area contributed by atoms with Gasteiger partial charge in [0.2, 0.25) is 0 Å². The van der Waals surface area contributed by atoms with Gasteiger partial charge in [-0.1, -0.05) is 243 Å². The minimum Gasteiger partial charge on any atom is -0.545 e. The summed E-state index contributed by atoms with van der Waals surface area (Å²) in [6.07, 6.45) is 2.99. The number of carbonyl (C=O) groups excluding carboxylic acids is 10. The van der Waals surface area contributed by atoms with E-state index in [9.17, 15) is 99.0 Å². The van der Waals surface area contributed by atoms with E-state index in [0.717, 1.165) is 55.6 Å². The number of benzene rings is 10. The van der Waals surface area contributed by atoms with Gasteiger partial charge in [0.15, 0.2) is 0 Å². The van der Waals surface area contributed by atoms with E-state index >= 15 is 0 Å². The molecule has 0 aliphatic heterocycles. The Hall–Kier alpha value is -3.10. The van der Waals surface area contributed by atoms with Crippen LogP contribution in [-0.4, -0.2) is 59.7 Å². The largest absolute Gasteiger partial charge is 1.00 e. The van der Waals surface area contributed by atoms with Crippen molar-refractivity contribution in [3.8, 4) is 0 Å². The predicted octanol–water partition coefficient (Wildman–Crippen LogP) is -29.9. The average molecular weight is 1500 g/mol. The van der Waals surface area contributed by atoms with Crippen molar-refractivity contribution < 1.29 is 395 Å². The zero-order valence-corrected chi connectivity index (χ0v) is 79.8. The summed E-state index contributed by atoms with van der Waals surface area (Å²) in [6, 6.07) is 63.8. The van der Waals surface area contributed by atoms with Crippen LogP contribution in [0.2, 0.25) is 0 Å². The molecule has 0 amide bonds. The van der Waals surface area contributed by atoms with Crippen LogP contribution in [0.4, 0.5) is 0 Å². The van der Waals surface area contributed by atoms with Gasteiger partial charge in [-0.15, -0.1) is 0 Å². The van der Waals surface area contributed by atoms with Crippen LogP contribution >= 0.6 is 0 Å². The molecule has 0 spiro atoms. The van der Waals surface area contributed by atoms with Crippen LogP contribution in [0, 0.1) is 0 Å². The first kappa shape index (κ1) is 110. The molecule has 0 radical (unpaired) electrons. The molecule has 0 aromatic heterocycles. The average Bonchev–Trinajstić information content (AvgIpc) is 0.885. The van der Waals surface area contributed by atoms with E-state index in [1.165, 1.54) is 121 Å². The maximum absolute atomic E-state index is 10.6. The fourth-order valence-electron chi connectivity index (χ4n) is 8.77. The number of carboxylic acids is 10. The van der Waals surface area contributed by atoms with Gasteiger partial charge in [-0.05, 0) is 143 Å². The van der Waals surface area contributed by atoms with Crippen molar-refractivity contribution in [3.05, 3.63) is 354 Å². The molecule has 0 unspecified atom stereocenters. The first-order valence-electron chi connectivity index (χ1n) is 28.3. The van der Waals surface area contributed by atoms with Crippen molar-refractivity contribution >= 4 is 59.7 Å². The van der Waals surface area contributed by atoms with E-state index in [4.69, 9.17) is 0 Å². The summed E-state index contributed by atoms with van der Waals surface area (Å²) >= 11 is 0. The van der Waals surface area contributed by atoms with Crippen LogP contribution in [-0.2, 0) is 32.1 Å². The Bertz CT molecular complexity index is 3410. The molecule has 0 bridgehead atoms. The Kier molecular flexibility index (Phi) is 60.9. The molecule has 105 heavy (non-hydrogen) atoms. The van der Waals surface area contributed by atoms with Crippen LogP contribution in [0.15, 0.2) is 243 Å². The minimum atomic E-state index is -1.20. The fourth-order valence-corrected chi connectivity index (χ4v) is 8.77. The van der Waals surface area contributed by atoms with Gasteiger partial charge in [-0.3, -0.25) is 0 Å². The molecule has 0 atom stereocenters. The fraction of sp³-hybridized carbons (Fsp3) is 0.0667. The molecule has 0 heterocycles. The zero-order valence-electron chi connectivity index (χ0n) is 59.8. The third-order valence-electron chi connectivity index (χ3n) is 13.9. The Labute approximate surface area is 826 Å². The molecule has 0 fully saturated rings. The second-order valence-electron chi connectivity index (χ2n) is 20.7. The van der Waals surface area contributed by atoms with E-state index in [2.05, 4.69) is 0 Å². The van der Waals surface area contributed by atoms with Gasteiger partial charge in [0.05, 0.1) is 59.7 Å². The van der Waals surface area contributed by atoms with E-state index in [-0.39, 0.29) is 351 Å². The Balaban J connectivity index is -0.000000388. The van der Waals surface area contributed by atoms with Gasteiger partial charge >= 0.3 is 296 Å². The minimum absolute atomic E-state index is 0. The normalized spacial score (nSPS) is 9.14. The van der Waals surface area contributed by atoms with E-state index in [1.807, 2.05) is 0 Å². The van der Waals surface area contributed by atoms with Crippen molar-refractivity contribution in [2.45, 2.75) is 32.1 Å². The smallest absolute Gasteiger partial charge is 0.545 e. The Morgan fingerprint density at radius 1 is 0.133 bits per heavy atom. The van der Waals surface area contributed by atoms with Crippen molar-refractivity contribution in [3.63, 3.8) is 0 Å². The van der Waals surface area contributed by atoms with Gasteiger partial charge in [0.25, 0.3) is 0 Å². The van der Waals surface area contributed by atoms with E-state index in [1.54, 1.807) is 121 Å². The standard InChI is InChI=1S/5C15H12O4.10Na/c5*16-14(17)12-5-1-10(2-6-12)9-11-3-7-13(8-4-11)15(18)19;;;;;;;;;;/h5*1-8H,9H2,(H,16,17)(H,18,19);;;;;;;;;;/q;;;;;10*+1/p-10. The van der Waals surface area contributed by atoms with Crippen LogP contribution in [0.25, 0.3) is 0 Å². The molecule has 10 aromatic carbocycles. The quantitative estimate of drug-likeness (QED) is 0.0639. The van der Waals surface area contributed by atoms with Crippen molar-refractivity contribution in [2.24, 2.45) is 0 Å². The first-order chi connectivity index (χ1) is 45.3. The predicted molar refractivity (Wildman–Crippen MR) is 322 cm³/mol. The molecule has 0 aliphatic rings. The van der Waals surface area contributed by atoms with Gasteiger partial charge in [-0.2, -0.15) is 0 Å². The summed E-state index contributed by atoms with van der Waals surface area (Å²) in [5.74, 6) is -12.0. The third kappa shape index (κ3) is 40.1. The van der Waals surface area contributed by atoms with Crippen LogP contribution in [0.5, 0.6) is 0 Å². The number of hydrogen-bond acceptors (Lipinski definition) is 20. The second kappa shape index (κ2) is 57.9. The monoisotopic (exact) mass is 1500 g/mol. The molecule has 20 nitrogen and oxygen atoms in total. The molecule has 10 aromatic rings. The molecule has 10 rings (SSSR count). The SMILES string of the molecule is O=C([O-])c1ccc(Cc2ccc(C(=O)[O-])cc2)cc1.O=C([O-])c1ccc(Cc2ccc(C(=O)[O-])cc2)cc1.O=C([O-])c1ccc(Cc2ccc(C(=O)[O-])cc2)cc1.O=C([O-])c1ccc(Cc2ccc(C(=O)[O-])cc2)cc1.O=C([O-])c1ccc(Cc2ccc(C(=O)[O-])cc2)cc1.[Na+].[Na+].[Na+].[Na+].[Na+].[Na+].[Na+].[Na+].[Na+].[Na+]. The number of carboxylic acid groups (broad SMARTS) is 10. The number of aromatic carboxylic acids is 10. The summed E-state index contributed by atoms with van der Waals surface area (Å²) in [5.41, 5.74) is 10.7. The van der Waals surface area contributed by atoms with Gasteiger partial charge in [0, 0.05) is 0 Å². The van der Waals surface area contributed by atoms with E-state index in [0.29, 0.717) is 32.1 Å². The summed E-state index contributed by atoms with van der Waals surface area (Å²) in [5, 5.41) is 106. The summed E-state index contributed by atoms with van der Waals surface area (Å²) in [7, 11) is 0. The summed E-state index contributed by atoms with van der Waals surface area (Å²) < 4.78 is 0. The number of rotatable bonds is 20. The molecule has 0 saturated carbocycles. The third-order valence-corrected chi connectivity index (χ3v) is 13.9. The molecule has 30 heteroatoms. The maximum atomic E-state index is 10.6. The molecule has 0 aliphatic carbocycles. The molecule has 480 valence electrons. The molecule has 0 saturated heterocycles. The number of hydrogen-bond donors (Lipinski definition) is 0. The van der Waals surface area contributed by atoms with E-state index < -0.39 is 59.7 Å². The molecular formula is C75H50Na10O20. The first-order valence-corrected chi connectivity index (χ1v) is 28.3. The Morgan fingerprint density at radius 2 is 0.190 bits per heavy atom.